The number of thiazole rings is 1. The molecular weight excluding hydrogens is 340 g/mol. The van der Waals surface area contributed by atoms with E-state index in [1.165, 1.54) is 11.3 Å². The highest BCUT2D eigenvalue weighted by Gasteiger charge is 2.34. The van der Waals surface area contributed by atoms with Crippen LogP contribution in [0.25, 0.3) is 0 Å². The molecule has 0 spiro atoms. The van der Waals surface area contributed by atoms with Crippen molar-refractivity contribution in [3.05, 3.63) is 34.3 Å². The van der Waals surface area contributed by atoms with E-state index in [0.29, 0.717) is 46.7 Å². The van der Waals surface area contributed by atoms with Gasteiger partial charge >= 0.3 is 0 Å². The second-order valence-electron chi connectivity index (χ2n) is 7.05. The van der Waals surface area contributed by atoms with Gasteiger partial charge in [-0.2, -0.15) is 0 Å². The molecule has 0 fully saturated rings. The average Bonchev–Trinajstić information content (AvgIpc) is 2.95. The summed E-state index contributed by atoms with van der Waals surface area (Å²) in [5.41, 5.74) is 1.16. The predicted octanol–water partition coefficient (Wildman–Crippen LogP) is 3.32. The fraction of sp³-hybridized carbons (Fsp3) is 0.389. The molecule has 1 aliphatic carbocycles. The summed E-state index contributed by atoms with van der Waals surface area (Å²) < 4.78 is 11.0. The molecule has 1 N–H and O–H groups in total. The number of amides is 1. The fourth-order valence-corrected chi connectivity index (χ4v) is 4.04. The summed E-state index contributed by atoms with van der Waals surface area (Å²) in [5, 5.41) is 3.24. The van der Waals surface area contributed by atoms with Crippen LogP contribution in [-0.2, 0) is 6.42 Å². The molecule has 2 heterocycles. The highest BCUT2D eigenvalue weighted by molar-refractivity contribution is 7.17. The van der Waals surface area contributed by atoms with Crippen molar-refractivity contribution in [1.29, 1.82) is 0 Å². The van der Waals surface area contributed by atoms with Gasteiger partial charge in [0.25, 0.3) is 5.91 Å². The van der Waals surface area contributed by atoms with Gasteiger partial charge in [-0.1, -0.05) is 25.2 Å². The summed E-state index contributed by atoms with van der Waals surface area (Å²) in [4.78, 5) is 29.9. The summed E-state index contributed by atoms with van der Waals surface area (Å²) in [6.07, 6.45) is 1.25. The molecule has 0 unspecified atom stereocenters. The van der Waals surface area contributed by atoms with Gasteiger partial charge in [0.2, 0.25) is 0 Å². The summed E-state index contributed by atoms with van der Waals surface area (Å²) in [7, 11) is 0. The number of aromatic nitrogens is 1. The van der Waals surface area contributed by atoms with E-state index in [4.69, 9.17) is 9.47 Å². The van der Waals surface area contributed by atoms with E-state index in [-0.39, 0.29) is 17.1 Å². The zero-order valence-electron chi connectivity index (χ0n) is 14.0. The smallest absolute Gasteiger partial charge is 0.257 e. The van der Waals surface area contributed by atoms with Crippen LogP contribution in [0.2, 0.25) is 0 Å². The second kappa shape index (κ2) is 5.84. The van der Waals surface area contributed by atoms with E-state index in [9.17, 15) is 9.59 Å². The number of anilines is 1. The van der Waals surface area contributed by atoms with E-state index in [2.05, 4.69) is 24.1 Å². The summed E-state index contributed by atoms with van der Waals surface area (Å²) in [6, 6.07) is 5.07. The molecule has 25 heavy (non-hydrogen) atoms. The van der Waals surface area contributed by atoms with Crippen LogP contribution in [0.5, 0.6) is 11.5 Å². The Kier molecular flexibility index (Phi) is 3.76. The minimum atomic E-state index is -0.283. The highest BCUT2D eigenvalue weighted by atomic mass is 32.1. The maximum Gasteiger partial charge on any atom is 0.257 e. The molecular formula is C18H18N2O4S. The van der Waals surface area contributed by atoms with Crippen molar-refractivity contribution >= 4 is 28.2 Å². The van der Waals surface area contributed by atoms with Crippen molar-refractivity contribution < 1.29 is 19.1 Å². The lowest BCUT2D eigenvalue weighted by Crippen LogP contribution is -2.26. The van der Waals surface area contributed by atoms with Crippen LogP contribution in [0.4, 0.5) is 5.13 Å². The Balaban J connectivity index is 1.55. The zero-order chi connectivity index (χ0) is 17.6. The van der Waals surface area contributed by atoms with Crippen molar-refractivity contribution in [2.24, 2.45) is 5.41 Å². The number of hydrogen-bond donors (Lipinski definition) is 1. The molecule has 2 aliphatic rings. The van der Waals surface area contributed by atoms with Crippen LogP contribution in [0, 0.1) is 5.41 Å². The molecule has 6 nitrogen and oxygen atoms in total. The molecule has 0 atom stereocenters. The van der Waals surface area contributed by atoms with Gasteiger partial charge in [-0.3, -0.25) is 14.9 Å². The molecule has 1 aliphatic heterocycles. The molecule has 1 aromatic heterocycles. The Morgan fingerprint density at radius 1 is 1.20 bits per heavy atom. The number of fused-ring (bicyclic) bond motifs is 2. The zero-order valence-corrected chi connectivity index (χ0v) is 14.9. The first kappa shape index (κ1) is 16.1. The van der Waals surface area contributed by atoms with Crippen LogP contribution < -0.4 is 14.8 Å². The number of ether oxygens (including phenoxy) is 2. The Bertz CT molecular complexity index is 872. The number of rotatable bonds is 2. The molecule has 0 radical (unpaired) electrons. The van der Waals surface area contributed by atoms with E-state index in [0.717, 1.165) is 12.1 Å². The van der Waals surface area contributed by atoms with Gasteiger partial charge in [0.05, 0.1) is 10.6 Å². The first-order valence-corrected chi connectivity index (χ1v) is 8.97. The largest absolute Gasteiger partial charge is 0.486 e. The summed E-state index contributed by atoms with van der Waals surface area (Å²) in [5.74, 6) is 1.02. The number of nitrogens with zero attached hydrogens (tertiary/aromatic N) is 1. The van der Waals surface area contributed by atoms with Crippen molar-refractivity contribution in [2.75, 3.05) is 18.5 Å². The van der Waals surface area contributed by atoms with Crippen molar-refractivity contribution in [3.8, 4) is 11.5 Å². The van der Waals surface area contributed by atoms with Crippen molar-refractivity contribution in [3.63, 3.8) is 0 Å². The molecule has 130 valence electrons. The van der Waals surface area contributed by atoms with Crippen LogP contribution in [0.1, 0.15) is 46.0 Å². The lowest BCUT2D eigenvalue weighted by atomic mass is 9.78. The van der Waals surface area contributed by atoms with Gasteiger partial charge < -0.3 is 9.47 Å². The number of ketones is 1. The maximum absolute atomic E-state index is 12.5. The second-order valence-corrected chi connectivity index (χ2v) is 8.05. The third-order valence-electron chi connectivity index (χ3n) is 4.26. The first-order valence-electron chi connectivity index (χ1n) is 8.15. The van der Waals surface area contributed by atoms with Crippen molar-refractivity contribution in [2.45, 2.75) is 26.7 Å². The summed E-state index contributed by atoms with van der Waals surface area (Å²) in [6.45, 7) is 5.09. The lowest BCUT2D eigenvalue weighted by molar-refractivity contribution is 0.0915. The van der Waals surface area contributed by atoms with Crippen LogP contribution >= 0.6 is 11.3 Å². The topological polar surface area (TPSA) is 77.5 Å². The molecule has 0 saturated carbocycles. The number of benzene rings is 1. The van der Waals surface area contributed by atoms with E-state index >= 15 is 0 Å². The van der Waals surface area contributed by atoms with Gasteiger partial charge in [0, 0.05) is 12.0 Å². The Hall–Kier alpha value is -2.41. The first-order chi connectivity index (χ1) is 11.9. The third-order valence-corrected chi connectivity index (χ3v) is 5.31. The van der Waals surface area contributed by atoms with E-state index in [1.807, 2.05) is 0 Å². The monoisotopic (exact) mass is 358 g/mol. The number of carbonyl (C=O) groups is 2. The Labute approximate surface area is 149 Å². The van der Waals surface area contributed by atoms with Gasteiger partial charge in [-0.15, -0.1) is 0 Å². The molecule has 4 rings (SSSR count). The Morgan fingerprint density at radius 2 is 1.96 bits per heavy atom. The molecule has 1 aromatic carbocycles. The van der Waals surface area contributed by atoms with Crippen LogP contribution in [0.15, 0.2) is 18.2 Å². The minimum Gasteiger partial charge on any atom is -0.486 e. The van der Waals surface area contributed by atoms with Crippen LogP contribution in [-0.4, -0.2) is 29.9 Å². The molecule has 1 amide bonds. The van der Waals surface area contributed by atoms with Gasteiger partial charge in [-0.05, 0) is 30.0 Å². The standard InChI is InChI=1S/C18H18N2O4S/c1-18(2)8-11-15(12(21)9-18)25-17(19-11)20-16(22)10-3-4-13-14(7-10)24-6-5-23-13/h3-4,7H,5-6,8-9H2,1-2H3,(H,19,20,22). The molecule has 0 bridgehead atoms. The van der Waals surface area contributed by atoms with Gasteiger partial charge in [0.1, 0.15) is 13.2 Å². The SMILES string of the molecule is CC1(C)CC(=O)c2sc(NC(=O)c3ccc4c(c3)OCCO4)nc2C1. The summed E-state index contributed by atoms with van der Waals surface area (Å²) >= 11 is 1.25. The normalized spacial score (nSPS) is 17.8. The van der Waals surface area contributed by atoms with Gasteiger partial charge in [-0.25, -0.2) is 4.98 Å². The molecule has 0 saturated heterocycles. The quantitative estimate of drug-likeness (QED) is 0.891. The number of carbonyl (C=O) groups excluding carboxylic acids is 2. The van der Waals surface area contributed by atoms with Crippen molar-refractivity contribution in [1.82, 2.24) is 4.98 Å². The minimum absolute atomic E-state index is 0.0880. The fourth-order valence-electron chi connectivity index (χ4n) is 3.13. The number of Topliss-reactive ketones (excluding diaryl/α,β-unsaturated/α-hetero) is 1. The van der Waals surface area contributed by atoms with E-state index in [1.54, 1.807) is 18.2 Å². The predicted molar refractivity (Wildman–Crippen MR) is 93.9 cm³/mol. The number of nitrogens with one attached hydrogen (secondary N) is 1. The van der Waals surface area contributed by atoms with Crippen LogP contribution in [0.3, 0.4) is 0 Å². The maximum atomic E-state index is 12.5. The molecule has 2 aromatic rings. The highest BCUT2D eigenvalue weighted by Crippen LogP contribution is 2.38. The average molecular weight is 358 g/mol. The Morgan fingerprint density at radius 3 is 2.76 bits per heavy atom. The lowest BCUT2D eigenvalue weighted by Gasteiger charge is -2.26. The number of hydrogen-bond acceptors (Lipinski definition) is 6. The molecule has 7 heteroatoms. The van der Waals surface area contributed by atoms with Gasteiger partial charge in [0.15, 0.2) is 22.4 Å². The third kappa shape index (κ3) is 3.11. The van der Waals surface area contributed by atoms with E-state index < -0.39 is 0 Å².